The van der Waals surface area contributed by atoms with Crippen molar-refractivity contribution < 1.29 is 19.1 Å². The van der Waals surface area contributed by atoms with Crippen molar-refractivity contribution in [3.63, 3.8) is 0 Å². The van der Waals surface area contributed by atoms with Crippen molar-refractivity contribution in [2.75, 3.05) is 31.0 Å². The Labute approximate surface area is 157 Å². The minimum atomic E-state index is -0.319. The van der Waals surface area contributed by atoms with Crippen LogP contribution in [0.1, 0.15) is 12.5 Å². The molecule has 0 saturated heterocycles. The highest BCUT2D eigenvalue weighted by Gasteiger charge is 2.18. The molecule has 2 amide bonds. The Balaban J connectivity index is 2.20. The Kier molecular flexibility index (Phi) is 6.46. The van der Waals surface area contributed by atoms with E-state index in [0.717, 1.165) is 5.56 Å². The van der Waals surface area contributed by atoms with Crippen LogP contribution in [-0.4, -0.2) is 32.6 Å². The van der Waals surface area contributed by atoms with E-state index in [9.17, 15) is 9.59 Å². The summed E-state index contributed by atoms with van der Waals surface area (Å²) < 4.78 is 10.5. The molecule has 0 atom stereocenters. The second kappa shape index (κ2) is 8.58. The molecule has 6 nitrogen and oxygen atoms in total. The molecule has 1 N–H and O–H groups in total. The molecule has 2 aromatic rings. The molecule has 0 fully saturated rings. The quantitative estimate of drug-likeness (QED) is 0.835. The van der Waals surface area contributed by atoms with E-state index in [-0.39, 0.29) is 18.4 Å². The zero-order valence-electron chi connectivity index (χ0n) is 15.1. The van der Waals surface area contributed by atoms with Crippen LogP contribution in [0.4, 0.5) is 11.4 Å². The molecule has 0 aliphatic rings. The van der Waals surface area contributed by atoms with Gasteiger partial charge in [0, 0.05) is 29.4 Å². The first kappa shape index (κ1) is 19.6. The molecule has 0 heterocycles. The van der Waals surface area contributed by atoms with Gasteiger partial charge in [-0.15, -0.1) is 0 Å². The summed E-state index contributed by atoms with van der Waals surface area (Å²) >= 11 is 5.93. The summed E-state index contributed by atoms with van der Waals surface area (Å²) in [5, 5.41) is 3.39. The number of amides is 2. The smallest absolute Gasteiger partial charge is 0.244 e. The van der Waals surface area contributed by atoms with Gasteiger partial charge in [0.2, 0.25) is 11.8 Å². The summed E-state index contributed by atoms with van der Waals surface area (Å²) in [6.45, 7) is 3.11. The van der Waals surface area contributed by atoms with E-state index >= 15 is 0 Å². The van der Waals surface area contributed by atoms with Gasteiger partial charge in [-0.05, 0) is 42.8 Å². The third-order valence-electron chi connectivity index (χ3n) is 3.82. The Bertz CT molecular complexity index is 823. The lowest BCUT2D eigenvalue weighted by molar-refractivity contribution is -0.120. The van der Waals surface area contributed by atoms with Crippen LogP contribution in [0.15, 0.2) is 36.4 Å². The van der Waals surface area contributed by atoms with Gasteiger partial charge in [-0.3, -0.25) is 9.59 Å². The number of methoxy groups -OCH3 is 2. The molecule has 7 heteroatoms. The number of anilines is 2. The standard InChI is InChI=1S/C19H21ClN2O4/c1-12-9-14(20)5-7-16(12)21-19(24)11-22(13(2)23)15-6-8-17(25-3)18(10-15)26-4/h5-10H,11H2,1-4H3,(H,21,24). The number of hydrogen-bond donors (Lipinski definition) is 1. The highest BCUT2D eigenvalue weighted by Crippen LogP contribution is 2.31. The van der Waals surface area contributed by atoms with E-state index in [1.807, 2.05) is 6.92 Å². The Morgan fingerprint density at radius 3 is 2.35 bits per heavy atom. The third kappa shape index (κ3) is 4.67. The van der Waals surface area contributed by atoms with Crippen LogP contribution in [-0.2, 0) is 9.59 Å². The second-order valence-corrected chi connectivity index (χ2v) is 6.09. The summed E-state index contributed by atoms with van der Waals surface area (Å²) in [7, 11) is 3.04. The molecule has 0 spiro atoms. The van der Waals surface area contributed by atoms with E-state index in [4.69, 9.17) is 21.1 Å². The fourth-order valence-electron chi connectivity index (χ4n) is 2.48. The second-order valence-electron chi connectivity index (χ2n) is 5.65. The van der Waals surface area contributed by atoms with Crippen LogP contribution in [0.2, 0.25) is 5.02 Å². The molecule has 26 heavy (non-hydrogen) atoms. The van der Waals surface area contributed by atoms with Gasteiger partial charge < -0.3 is 19.7 Å². The molecule has 0 unspecified atom stereocenters. The average Bonchev–Trinajstić information content (AvgIpc) is 2.61. The van der Waals surface area contributed by atoms with Gasteiger partial charge in [-0.2, -0.15) is 0 Å². The maximum atomic E-state index is 12.4. The number of benzene rings is 2. The number of nitrogens with one attached hydrogen (secondary N) is 1. The minimum absolute atomic E-state index is 0.132. The van der Waals surface area contributed by atoms with Crippen molar-refractivity contribution in [3.05, 3.63) is 47.0 Å². The van der Waals surface area contributed by atoms with E-state index < -0.39 is 0 Å². The van der Waals surface area contributed by atoms with Gasteiger partial charge in [0.15, 0.2) is 11.5 Å². The van der Waals surface area contributed by atoms with Gasteiger partial charge in [-0.25, -0.2) is 0 Å². The topological polar surface area (TPSA) is 67.9 Å². The Hall–Kier alpha value is -2.73. The molecule has 2 rings (SSSR count). The van der Waals surface area contributed by atoms with Gasteiger partial charge in [0.1, 0.15) is 6.54 Å². The predicted molar refractivity (Wildman–Crippen MR) is 102 cm³/mol. The summed E-state index contributed by atoms with van der Waals surface area (Å²) in [6, 6.07) is 10.2. The fourth-order valence-corrected chi connectivity index (χ4v) is 2.70. The van der Waals surface area contributed by atoms with Gasteiger partial charge in [-0.1, -0.05) is 11.6 Å². The normalized spacial score (nSPS) is 10.2. The molecular weight excluding hydrogens is 356 g/mol. The first-order chi connectivity index (χ1) is 12.3. The SMILES string of the molecule is COc1ccc(N(CC(=O)Nc2ccc(Cl)cc2C)C(C)=O)cc1OC. The van der Waals surface area contributed by atoms with Gasteiger partial charge >= 0.3 is 0 Å². The lowest BCUT2D eigenvalue weighted by atomic mass is 10.2. The van der Waals surface area contributed by atoms with E-state index in [2.05, 4.69) is 5.32 Å². The van der Waals surface area contributed by atoms with Gasteiger partial charge in [0.25, 0.3) is 0 Å². The first-order valence-electron chi connectivity index (χ1n) is 7.92. The van der Waals surface area contributed by atoms with Crippen molar-refractivity contribution in [2.45, 2.75) is 13.8 Å². The highest BCUT2D eigenvalue weighted by atomic mass is 35.5. The highest BCUT2D eigenvalue weighted by molar-refractivity contribution is 6.30. The van der Waals surface area contributed by atoms with Crippen molar-refractivity contribution >= 4 is 34.8 Å². The largest absolute Gasteiger partial charge is 0.493 e. The van der Waals surface area contributed by atoms with Crippen molar-refractivity contribution in [1.82, 2.24) is 0 Å². The number of hydrogen-bond acceptors (Lipinski definition) is 4. The summed E-state index contributed by atoms with van der Waals surface area (Å²) in [5.74, 6) is 0.437. The maximum absolute atomic E-state index is 12.4. The van der Waals surface area contributed by atoms with Gasteiger partial charge in [0.05, 0.1) is 14.2 Å². The molecule has 0 radical (unpaired) electrons. The van der Waals surface area contributed by atoms with E-state index in [1.54, 1.807) is 36.4 Å². The molecule has 138 valence electrons. The van der Waals surface area contributed by atoms with E-state index in [0.29, 0.717) is 27.9 Å². The summed E-state index contributed by atoms with van der Waals surface area (Å²) in [4.78, 5) is 25.8. The summed E-state index contributed by atoms with van der Waals surface area (Å²) in [6.07, 6.45) is 0. The van der Waals surface area contributed by atoms with Crippen LogP contribution in [0.3, 0.4) is 0 Å². The van der Waals surface area contributed by atoms with Crippen LogP contribution >= 0.6 is 11.6 Å². The number of ether oxygens (including phenoxy) is 2. The molecule has 0 saturated carbocycles. The van der Waals surface area contributed by atoms with Crippen LogP contribution in [0.5, 0.6) is 11.5 Å². The monoisotopic (exact) mass is 376 g/mol. The zero-order valence-corrected chi connectivity index (χ0v) is 15.9. The maximum Gasteiger partial charge on any atom is 0.244 e. The number of rotatable bonds is 6. The number of nitrogens with zero attached hydrogens (tertiary/aromatic N) is 1. The van der Waals surface area contributed by atoms with Crippen LogP contribution < -0.4 is 19.7 Å². The number of carbonyl (C=O) groups is 2. The number of carbonyl (C=O) groups excluding carboxylic acids is 2. The zero-order chi connectivity index (χ0) is 19.3. The lowest BCUT2D eigenvalue weighted by Gasteiger charge is -2.22. The fraction of sp³-hybridized carbons (Fsp3) is 0.263. The number of halogens is 1. The predicted octanol–water partition coefficient (Wildman–Crippen LogP) is 3.66. The molecule has 0 aliphatic heterocycles. The third-order valence-corrected chi connectivity index (χ3v) is 4.06. The molecule has 0 aliphatic carbocycles. The van der Waals surface area contributed by atoms with E-state index in [1.165, 1.54) is 26.0 Å². The average molecular weight is 377 g/mol. The van der Waals surface area contributed by atoms with Crippen LogP contribution in [0, 0.1) is 6.92 Å². The minimum Gasteiger partial charge on any atom is -0.493 e. The number of aryl methyl sites for hydroxylation is 1. The van der Waals surface area contributed by atoms with Crippen molar-refractivity contribution in [1.29, 1.82) is 0 Å². The molecular formula is C19H21ClN2O4. The van der Waals surface area contributed by atoms with Crippen LogP contribution in [0.25, 0.3) is 0 Å². The lowest BCUT2D eigenvalue weighted by Crippen LogP contribution is -2.36. The Morgan fingerprint density at radius 2 is 1.77 bits per heavy atom. The van der Waals surface area contributed by atoms with Crippen molar-refractivity contribution in [3.8, 4) is 11.5 Å². The Morgan fingerprint density at radius 1 is 1.08 bits per heavy atom. The molecule has 0 aromatic heterocycles. The molecule has 0 bridgehead atoms. The first-order valence-corrected chi connectivity index (χ1v) is 8.29. The van der Waals surface area contributed by atoms with Crippen molar-refractivity contribution in [2.24, 2.45) is 0 Å². The molecule has 2 aromatic carbocycles. The summed E-state index contributed by atoms with van der Waals surface area (Å²) in [5.41, 5.74) is 2.03.